The average molecular weight is 471 g/mol. The van der Waals surface area contributed by atoms with Gasteiger partial charge in [-0.3, -0.25) is 4.79 Å². The molecular weight excluding hydrogens is 436 g/mol. The molecule has 7 nitrogen and oxygen atoms in total. The summed E-state index contributed by atoms with van der Waals surface area (Å²) < 4.78 is 15.7. The highest BCUT2D eigenvalue weighted by atomic mass is 16.7. The second kappa shape index (κ2) is 14.0. The predicted molar refractivity (Wildman–Crippen MR) is 129 cm³/mol. The van der Waals surface area contributed by atoms with Gasteiger partial charge < -0.3 is 19.3 Å². The maximum absolute atomic E-state index is 12.2. The van der Waals surface area contributed by atoms with E-state index in [-0.39, 0.29) is 35.6 Å². The lowest BCUT2D eigenvalue weighted by atomic mass is 9.99. The quantitative estimate of drug-likeness (QED) is 0.147. The summed E-state index contributed by atoms with van der Waals surface area (Å²) in [7, 11) is 0. The van der Waals surface area contributed by atoms with Crippen molar-refractivity contribution in [3.63, 3.8) is 0 Å². The Bertz CT molecular complexity index is 950. The summed E-state index contributed by atoms with van der Waals surface area (Å²) >= 11 is 0. The van der Waals surface area contributed by atoms with Crippen molar-refractivity contribution in [2.24, 2.45) is 5.92 Å². The van der Waals surface area contributed by atoms with Crippen molar-refractivity contribution in [2.45, 2.75) is 65.7 Å². The molecule has 7 heteroatoms. The van der Waals surface area contributed by atoms with Gasteiger partial charge in [0.25, 0.3) is 0 Å². The molecule has 0 fully saturated rings. The topological polar surface area (TPSA) is 99.1 Å². The number of benzene rings is 2. The molecule has 2 aromatic rings. The van der Waals surface area contributed by atoms with Crippen LogP contribution in [0.3, 0.4) is 0 Å². The molecule has 0 bridgehead atoms. The highest BCUT2D eigenvalue weighted by molar-refractivity contribution is 5.96. The Hall–Kier alpha value is -3.35. The third kappa shape index (κ3) is 8.89. The lowest BCUT2D eigenvalue weighted by molar-refractivity contribution is -0.134. The average Bonchev–Trinajstić information content (AvgIpc) is 2.82. The minimum Gasteiger partial charge on any atom is -0.478 e. The Labute approximate surface area is 201 Å². The van der Waals surface area contributed by atoms with Crippen LogP contribution in [0.5, 0.6) is 11.5 Å². The zero-order valence-corrected chi connectivity index (χ0v) is 20.2. The number of esters is 1. The molecule has 1 unspecified atom stereocenters. The van der Waals surface area contributed by atoms with Crippen molar-refractivity contribution in [2.75, 3.05) is 6.61 Å². The van der Waals surface area contributed by atoms with E-state index < -0.39 is 12.1 Å². The molecule has 0 radical (unpaired) electrons. The minimum atomic E-state index is -1.10. The smallest absolute Gasteiger partial charge is 0.478 e. The van der Waals surface area contributed by atoms with Gasteiger partial charge in [0.1, 0.15) is 11.5 Å². The Kier molecular flexibility index (Phi) is 11.1. The molecule has 34 heavy (non-hydrogen) atoms. The molecule has 1 N–H and O–H groups in total. The van der Waals surface area contributed by atoms with Gasteiger partial charge in [-0.2, -0.15) is 0 Å². The van der Waals surface area contributed by atoms with Crippen molar-refractivity contribution in [3.8, 4) is 22.6 Å². The van der Waals surface area contributed by atoms with Crippen LogP contribution in [0, 0.1) is 5.92 Å². The number of unbranched alkanes of at least 4 members (excludes halogenated alkanes) is 4. The van der Waals surface area contributed by atoms with Gasteiger partial charge >= 0.3 is 18.1 Å². The van der Waals surface area contributed by atoms with E-state index in [0.29, 0.717) is 17.5 Å². The molecule has 0 saturated heterocycles. The maximum atomic E-state index is 12.2. The summed E-state index contributed by atoms with van der Waals surface area (Å²) in [6.07, 6.45) is 5.54. The predicted octanol–water partition coefficient (Wildman–Crippen LogP) is 6.88. The van der Waals surface area contributed by atoms with Crippen LogP contribution in [0.15, 0.2) is 42.5 Å². The Morgan fingerprint density at radius 1 is 0.882 bits per heavy atom. The summed E-state index contributed by atoms with van der Waals surface area (Å²) in [5.41, 5.74) is 1.04. The van der Waals surface area contributed by atoms with E-state index in [1.54, 1.807) is 24.3 Å². The van der Waals surface area contributed by atoms with Crippen LogP contribution in [0.4, 0.5) is 4.79 Å². The van der Waals surface area contributed by atoms with Gasteiger partial charge in [-0.25, -0.2) is 9.59 Å². The first-order valence-corrected chi connectivity index (χ1v) is 11.9. The number of hydrogen-bond donors (Lipinski definition) is 1. The zero-order chi connectivity index (χ0) is 24.9. The first kappa shape index (κ1) is 26.9. The highest BCUT2D eigenvalue weighted by Crippen LogP contribution is 2.30. The van der Waals surface area contributed by atoms with Gasteiger partial charge in [0.05, 0.1) is 12.2 Å². The van der Waals surface area contributed by atoms with Crippen LogP contribution in [-0.2, 0) is 9.53 Å². The van der Waals surface area contributed by atoms with Gasteiger partial charge in [0.15, 0.2) is 0 Å². The summed E-state index contributed by atoms with van der Waals surface area (Å²) in [5.74, 6) is -0.636. The molecule has 0 heterocycles. The second-order valence-corrected chi connectivity index (χ2v) is 8.35. The fourth-order valence-electron chi connectivity index (χ4n) is 3.22. The number of aromatic carboxylic acids is 1. The molecule has 0 aromatic heterocycles. The monoisotopic (exact) mass is 470 g/mol. The lowest BCUT2D eigenvalue weighted by Crippen LogP contribution is -2.15. The minimum absolute atomic E-state index is 0.0704. The largest absolute Gasteiger partial charge is 0.513 e. The van der Waals surface area contributed by atoms with E-state index in [4.69, 9.17) is 14.2 Å². The molecule has 2 rings (SSSR count). The summed E-state index contributed by atoms with van der Waals surface area (Å²) in [6, 6.07) is 10.8. The van der Waals surface area contributed by atoms with Gasteiger partial charge in [-0.1, -0.05) is 65.0 Å². The molecule has 0 aliphatic heterocycles. The molecule has 0 spiro atoms. The number of carbonyl (C=O) groups is 3. The van der Waals surface area contributed by atoms with Crippen molar-refractivity contribution in [1.82, 2.24) is 0 Å². The molecule has 184 valence electrons. The number of hydrogen-bond acceptors (Lipinski definition) is 6. The van der Waals surface area contributed by atoms with Crippen molar-refractivity contribution in [3.05, 3.63) is 48.0 Å². The van der Waals surface area contributed by atoms with E-state index in [1.807, 2.05) is 13.8 Å². The Morgan fingerprint density at radius 2 is 1.56 bits per heavy atom. The maximum Gasteiger partial charge on any atom is 0.513 e. The molecule has 0 aliphatic rings. The van der Waals surface area contributed by atoms with Crippen LogP contribution in [0.25, 0.3) is 11.1 Å². The number of rotatable bonds is 13. The number of ether oxygens (including phenoxy) is 3. The van der Waals surface area contributed by atoms with E-state index in [1.165, 1.54) is 18.2 Å². The van der Waals surface area contributed by atoms with Crippen molar-refractivity contribution >= 4 is 18.1 Å². The third-order valence-electron chi connectivity index (χ3n) is 5.49. The van der Waals surface area contributed by atoms with Crippen molar-refractivity contribution < 1.29 is 33.7 Å². The van der Waals surface area contributed by atoms with E-state index >= 15 is 0 Å². The van der Waals surface area contributed by atoms with Crippen LogP contribution in [0.2, 0.25) is 0 Å². The van der Waals surface area contributed by atoms with Crippen LogP contribution < -0.4 is 9.47 Å². The van der Waals surface area contributed by atoms with Gasteiger partial charge in [-0.15, -0.1) is 0 Å². The molecule has 0 aliphatic carbocycles. The number of carboxylic acid groups (broad SMARTS) is 1. The molecule has 0 amide bonds. The lowest BCUT2D eigenvalue weighted by Gasteiger charge is -2.12. The molecule has 1 atom stereocenters. The van der Waals surface area contributed by atoms with Crippen molar-refractivity contribution in [1.29, 1.82) is 0 Å². The van der Waals surface area contributed by atoms with E-state index in [2.05, 4.69) is 6.92 Å². The van der Waals surface area contributed by atoms with Gasteiger partial charge in [-0.05, 0) is 53.8 Å². The molecular formula is C27H34O7. The summed E-state index contributed by atoms with van der Waals surface area (Å²) in [6.45, 7) is 6.39. The van der Waals surface area contributed by atoms with Gasteiger partial charge in [0.2, 0.25) is 0 Å². The van der Waals surface area contributed by atoms with E-state index in [0.717, 1.165) is 38.5 Å². The first-order chi connectivity index (χ1) is 16.3. The highest BCUT2D eigenvalue weighted by Gasteiger charge is 2.15. The Balaban J connectivity index is 2.07. The second-order valence-electron chi connectivity index (χ2n) is 8.35. The fraction of sp³-hybridized carbons (Fsp3) is 0.444. The summed E-state index contributed by atoms with van der Waals surface area (Å²) in [4.78, 5) is 35.7. The molecule has 2 aromatic carbocycles. The van der Waals surface area contributed by atoms with Gasteiger partial charge in [0, 0.05) is 6.42 Å². The number of carbonyl (C=O) groups excluding carboxylic acids is 2. The fourth-order valence-corrected chi connectivity index (χ4v) is 3.22. The zero-order valence-electron chi connectivity index (χ0n) is 20.2. The SMILES string of the molecule is CCCCCCCC(=O)Oc1ccc(C(=O)O)c(-c2ccc(OC(=O)OCC(C)CC)cc2)c1. The van der Waals surface area contributed by atoms with E-state index in [9.17, 15) is 19.5 Å². The molecule has 0 saturated carbocycles. The van der Waals surface area contributed by atoms with Crippen LogP contribution in [0.1, 0.15) is 76.1 Å². The number of carboxylic acids is 1. The van der Waals surface area contributed by atoms with Crippen LogP contribution in [-0.4, -0.2) is 29.8 Å². The standard InChI is InChI=1S/C27H34O7/c1-4-6-7-8-9-10-25(28)33-22-15-16-23(26(29)30)24(17-22)20-11-13-21(14-12-20)34-27(31)32-18-19(3)5-2/h11-17,19H,4-10,18H2,1-3H3,(H,29,30). The third-order valence-corrected chi connectivity index (χ3v) is 5.49. The summed E-state index contributed by atoms with van der Waals surface area (Å²) in [5, 5.41) is 9.59. The van der Waals surface area contributed by atoms with Crippen LogP contribution >= 0.6 is 0 Å². The Morgan fingerprint density at radius 3 is 2.21 bits per heavy atom. The first-order valence-electron chi connectivity index (χ1n) is 11.9. The normalized spacial score (nSPS) is 11.5.